The summed E-state index contributed by atoms with van der Waals surface area (Å²) in [5.41, 5.74) is 7.15. The van der Waals surface area contributed by atoms with Gasteiger partial charge in [0.15, 0.2) is 0 Å². The van der Waals surface area contributed by atoms with Crippen molar-refractivity contribution in [2.24, 2.45) is 11.7 Å². The Morgan fingerprint density at radius 3 is 2.35 bits per heavy atom. The second-order valence-corrected chi connectivity index (χ2v) is 6.76. The van der Waals surface area contributed by atoms with E-state index < -0.39 is 0 Å². The number of hydrogen-bond donors (Lipinski definition) is 1. The Morgan fingerprint density at radius 2 is 1.94 bits per heavy atom. The lowest BCUT2D eigenvalue weighted by Crippen LogP contribution is -2.33. The second-order valence-electron chi connectivity index (χ2n) is 5.42. The Labute approximate surface area is 110 Å². The minimum absolute atomic E-state index is 0.595. The molecule has 0 saturated heterocycles. The maximum atomic E-state index is 5.70. The number of hydrogen-bond acceptors (Lipinski definition) is 3. The van der Waals surface area contributed by atoms with Gasteiger partial charge in [-0.1, -0.05) is 13.8 Å². The molecule has 0 bridgehead atoms. The summed E-state index contributed by atoms with van der Waals surface area (Å²) in [4.78, 5) is 5.26. The molecule has 0 aromatic carbocycles. The van der Waals surface area contributed by atoms with Gasteiger partial charge in [0.05, 0.1) is 0 Å². The fraction of sp³-hybridized carbons (Fsp3) is 0.714. The van der Waals surface area contributed by atoms with Crippen molar-refractivity contribution in [2.45, 2.75) is 53.8 Å². The molecule has 3 heteroatoms. The summed E-state index contributed by atoms with van der Waals surface area (Å²) in [6.07, 6.45) is 0. The lowest BCUT2D eigenvalue weighted by molar-refractivity contribution is 0.189. The largest absolute Gasteiger partial charge is 0.326 e. The second kappa shape index (κ2) is 6.53. The van der Waals surface area contributed by atoms with Crippen LogP contribution in [0.1, 0.15) is 43.0 Å². The molecule has 98 valence electrons. The molecule has 0 aliphatic heterocycles. The van der Waals surface area contributed by atoms with Crippen LogP contribution in [-0.2, 0) is 13.1 Å². The van der Waals surface area contributed by atoms with Crippen molar-refractivity contribution in [1.82, 2.24) is 4.90 Å². The fourth-order valence-corrected chi connectivity index (χ4v) is 2.92. The molecule has 17 heavy (non-hydrogen) atoms. The fourth-order valence-electron chi connectivity index (χ4n) is 1.99. The third kappa shape index (κ3) is 4.41. The molecule has 2 nitrogen and oxygen atoms in total. The van der Waals surface area contributed by atoms with Gasteiger partial charge in [0, 0.05) is 35.4 Å². The van der Waals surface area contributed by atoms with E-state index in [1.165, 1.54) is 15.3 Å². The van der Waals surface area contributed by atoms with Gasteiger partial charge in [0.2, 0.25) is 0 Å². The highest BCUT2D eigenvalue weighted by Gasteiger charge is 2.14. The van der Waals surface area contributed by atoms with Crippen LogP contribution in [0.3, 0.4) is 0 Å². The van der Waals surface area contributed by atoms with Crippen LogP contribution in [-0.4, -0.2) is 17.5 Å². The normalized spacial score (nSPS) is 12.1. The van der Waals surface area contributed by atoms with Gasteiger partial charge < -0.3 is 5.73 Å². The summed E-state index contributed by atoms with van der Waals surface area (Å²) in [7, 11) is 0. The highest BCUT2D eigenvalue weighted by atomic mass is 32.1. The monoisotopic (exact) mass is 254 g/mol. The van der Waals surface area contributed by atoms with Gasteiger partial charge in [0.1, 0.15) is 0 Å². The summed E-state index contributed by atoms with van der Waals surface area (Å²) >= 11 is 1.84. The van der Waals surface area contributed by atoms with Crippen molar-refractivity contribution in [3.8, 4) is 0 Å². The summed E-state index contributed by atoms with van der Waals surface area (Å²) < 4.78 is 0. The molecule has 1 heterocycles. The van der Waals surface area contributed by atoms with E-state index >= 15 is 0 Å². The minimum Gasteiger partial charge on any atom is -0.326 e. The van der Waals surface area contributed by atoms with Crippen LogP contribution in [0.15, 0.2) is 6.07 Å². The first kappa shape index (κ1) is 14.7. The molecule has 2 N–H and O–H groups in total. The van der Waals surface area contributed by atoms with E-state index in [1.807, 2.05) is 11.3 Å². The molecule has 0 aliphatic rings. The highest BCUT2D eigenvalue weighted by Crippen LogP contribution is 2.23. The topological polar surface area (TPSA) is 29.3 Å². The Hall–Kier alpha value is -0.380. The smallest absolute Gasteiger partial charge is 0.0274 e. The number of nitrogens with two attached hydrogens (primary N) is 1. The summed E-state index contributed by atoms with van der Waals surface area (Å²) in [5.74, 6) is 0.713. The Balaban J connectivity index is 2.74. The van der Waals surface area contributed by atoms with Gasteiger partial charge in [0.25, 0.3) is 0 Å². The minimum atomic E-state index is 0.595. The molecule has 0 fully saturated rings. The molecule has 0 amide bonds. The van der Waals surface area contributed by atoms with Crippen LogP contribution in [0.5, 0.6) is 0 Å². The zero-order chi connectivity index (χ0) is 13.0. The number of rotatable bonds is 6. The summed E-state index contributed by atoms with van der Waals surface area (Å²) in [6.45, 7) is 14.2. The molecule has 0 spiro atoms. The van der Waals surface area contributed by atoms with Crippen molar-refractivity contribution in [3.05, 3.63) is 21.4 Å². The maximum Gasteiger partial charge on any atom is 0.0274 e. The summed E-state index contributed by atoms with van der Waals surface area (Å²) in [6, 6.07) is 2.87. The van der Waals surface area contributed by atoms with Crippen LogP contribution in [0.4, 0.5) is 0 Å². The van der Waals surface area contributed by atoms with Gasteiger partial charge in [-0.15, -0.1) is 11.3 Å². The van der Waals surface area contributed by atoms with Gasteiger partial charge in [-0.25, -0.2) is 0 Å². The SMILES string of the molecule is Cc1sc(CN)cc1CN(CC(C)C)C(C)C. The Morgan fingerprint density at radius 1 is 1.29 bits per heavy atom. The first-order chi connectivity index (χ1) is 7.93. The summed E-state index contributed by atoms with van der Waals surface area (Å²) in [5, 5.41) is 0. The van der Waals surface area contributed by atoms with E-state index in [0.717, 1.165) is 13.1 Å². The Kier molecular flexibility index (Phi) is 5.63. The Bertz CT molecular complexity index is 342. The highest BCUT2D eigenvalue weighted by molar-refractivity contribution is 7.12. The van der Waals surface area contributed by atoms with E-state index in [1.54, 1.807) is 0 Å². The van der Waals surface area contributed by atoms with Gasteiger partial charge in [-0.3, -0.25) is 4.90 Å². The zero-order valence-electron chi connectivity index (χ0n) is 11.8. The molecule has 0 atom stereocenters. The first-order valence-corrected chi connectivity index (χ1v) is 7.28. The van der Waals surface area contributed by atoms with Gasteiger partial charge >= 0.3 is 0 Å². The lowest BCUT2D eigenvalue weighted by atomic mass is 10.1. The molecule has 0 saturated carbocycles. The van der Waals surface area contributed by atoms with Crippen LogP contribution in [0, 0.1) is 12.8 Å². The molecule has 1 aromatic heterocycles. The zero-order valence-corrected chi connectivity index (χ0v) is 12.6. The van der Waals surface area contributed by atoms with Crippen molar-refractivity contribution in [2.75, 3.05) is 6.54 Å². The van der Waals surface area contributed by atoms with Crippen LogP contribution in [0.25, 0.3) is 0 Å². The number of nitrogens with zero attached hydrogens (tertiary/aromatic N) is 1. The first-order valence-electron chi connectivity index (χ1n) is 6.46. The number of aryl methyl sites for hydroxylation is 1. The average Bonchev–Trinajstić information content (AvgIpc) is 2.58. The standard InChI is InChI=1S/C14H26N2S/c1-10(2)8-16(11(3)4)9-13-6-14(7-15)17-12(13)5/h6,10-11H,7-9,15H2,1-5H3. The van der Waals surface area contributed by atoms with Gasteiger partial charge in [-0.05, 0) is 38.3 Å². The average molecular weight is 254 g/mol. The molecular formula is C14H26N2S. The molecule has 1 rings (SSSR count). The van der Waals surface area contributed by atoms with Crippen molar-refractivity contribution in [1.29, 1.82) is 0 Å². The predicted octanol–water partition coefficient (Wildman–Crippen LogP) is 3.38. The van der Waals surface area contributed by atoms with E-state index in [0.29, 0.717) is 18.5 Å². The number of thiophene rings is 1. The predicted molar refractivity (Wildman–Crippen MR) is 77.3 cm³/mol. The van der Waals surface area contributed by atoms with Gasteiger partial charge in [-0.2, -0.15) is 0 Å². The van der Waals surface area contributed by atoms with Crippen LogP contribution < -0.4 is 5.73 Å². The third-order valence-corrected chi connectivity index (χ3v) is 4.09. The van der Waals surface area contributed by atoms with E-state index in [4.69, 9.17) is 5.73 Å². The molecule has 0 aliphatic carbocycles. The van der Waals surface area contributed by atoms with Crippen LogP contribution in [0.2, 0.25) is 0 Å². The molecular weight excluding hydrogens is 228 g/mol. The molecule has 0 radical (unpaired) electrons. The van der Waals surface area contributed by atoms with Crippen molar-refractivity contribution < 1.29 is 0 Å². The van der Waals surface area contributed by atoms with Crippen molar-refractivity contribution in [3.63, 3.8) is 0 Å². The maximum absolute atomic E-state index is 5.70. The van der Waals surface area contributed by atoms with E-state index in [2.05, 4.69) is 45.6 Å². The third-order valence-electron chi connectivity index (χ3n) is 2.98. The molecule has 1 aromatic rings. The van der Waals surface area contributed by atoms with Crippen molar-refractivity contribution >= 4 is 11.3 Å². The van der Waals surface area contributed by atoms with E-state index in [9.17, 15) is 0 Å². The lowest BCUT2D eigenvalue weighted by Gasteiger charge is -2.28. The quantitative estimate of drug-likeness (QED) is 0.843. The van der Waals surface area contributed by atoms with Crippen LogP contribution >= 0.6 is 11.3 Å². The van der Waals surface area contributed by atoms with E-state index in [-0.39, 0.29) is 0 Å². The molecule has 0 unspecified atom stereocenters.